The number of thioether (sulfide) groups is 1. The van der Waals surface area contributed by atoms with E-state index in [0.29, 0.717) is 12.4 Å². The molecule has 4 rings (SSSR count). The number of fused-ring (bicyclic) bond motifs is 1. The van der Waals surface area contributed by atoms with Gasteiger partial charge in [-0.1, -0.05) is 48.2 Å². The average Bonchev–Trinajstić information content (AvgIpc) is 3.32. The number of hydrogen-bond acceptors (Lipinski definition) is 6. The molecule has 0 radical (unpaired) electrons. The highest BCUT2D eigenvalue weighted by Gasteiger charge is 2.18. The van der Waals surface area contributed by atoms with Gasteiger partial charge in [0.2, 0.25) is 5.91 Å². The van der Waals surface area contributed by atoms with Crippen molar-refractivity contribution in [2.75, 3.05) is 7.11 Å². The van der Waals surface area contributed by atoms with Crippen LogP contribution in [-0.4, -0.2) is 28.2 Å². The van der Waals surface area contributed by atoms with E-state index in [9.17, 15) is 4.79 Å². The maximum atomic E-state index is 12.7. The van der Waals surface area contributed by atoms with E-state index >= 15 is 0 Å². The lowest BCUT2D eigenvalue weighted by Crippen LogP contribution is -2.30. The van der Waals surface area contributed by atoms with E-state index in [1.54, 1.807) is 18.4 Å². The molecule has 0 aliphatic heterocycles. The van der Waals surface area contributed by atoms with Crippen molar-refractivity contribution >= 4 is 39.9 Å². The first-order valence-corrected chi connectivity index (χ1v) is 11.3. The first-order valence-electron chi connectivity index (χ1n) is 9.52. The van der Waals surface area contributed by atoms with Crippen LogP contribution in [0.1, 0.15) is 12.5 Å². The van der Waals surface area contributed by atoms with Crippen LogP contribution in [0.3, 0.4) is 0 Å². The number of nitrogens with one attached hydrogen (secondary N) is 1. The SMILES string of the molecule is COc1ccc(CNC(=O)[C@H](C)Sc2nc(-c3cccs3)nc3ccccc23)cc1. The number of carbonyl (C=O) groups is 1. The molecule has 2 aromatic carbocycles. The Morgan fingerprint density at radius 1 is 1.10 bits per heavy atom. The molecule has 0 spiro atoms. The number of aromatic nitrogens is 2. The van der Waals surface area contributed by atoms with Gasteiger partial charge >= 0.3 is 0 Å². The van der Waals surface area contributed by atoms with Gasteiger partial charge in [-0.25, -0.2) is 9.97 Å². The maximum absolute atomic E-state index is 12.7. The summed E-state index contributed by atoms with van der Waals surface area (Å²) in [6.07, 6.45) is 0. The van der Waals surface area contributed by atoms with Gasteiger partial charge in [0.15, 0.2) is 5.82 Å². The Kier molecular flexibility index (Phi) is 6.30. The fraction of sp³-hybridized carbons (Fsp3) is 0.174. The van der Waals surface area contributed by atoms with E-state index in [2.05, 4.69) is 5.32 Å². The van der Waals surface area contributed by atoms with Crippen molar-refractivity contribution in [1.82, 2.24) is 15.3 Å². The molecule has 5 nitrogen and oxygen atoms in total. The van der Waals surface area contributed by atoms with Crippen molar-refractivity contribution in [1.29, 1.82) is 0 Å². The lowest BCUT2D eigenvalue weighted by atomic mass is 10.2. The Bertz CT molecular complexity index is 1150. The largest absolute Gasteiger partial charge is 0.497 e. The summed E-state index contributed by atoms with van der Waals surface area (Å²) >= 11 is 3.06. The third kappa shape index (κ3) is 4.63. The van der Waals surface area contributed by atoms with Gasteiger partial charge in [-0.05, 0) is 42.1 Å². The predicted octanol–water partition coefficient (Wildman–Crippen LogP) is 5.16. The second-order valence-corrected chi connectivity index (χ2v) is 8.95. The molecule has 0 saturated carbocycles. The van der Waals surface area contributed by atoms with E-state index in [1.165, 1.54) is 11.8 Å². The Labute approximate surface area is 183 Å². The molecule has 0 aliphatic rings. The number of rotatable bonds is 7. The predicted molar refractivity (Wildman–Crippen MR) is 123 cm³/mol. The molecule has 1 N–H and O–H groups in total. The fourth-order valence-electron chi connectivity index (χ4n) is 2.95. The molecular weight excluding hydrogens is 414 g/mol. The summed E-state index contributed by atoms with van der Waals surface area (Å²) in [6.45, 7) is 2.37. The van der Waals surface area contributed by atoms with Gasteiger partial charge in [0, 0.05) is 11.9 Å². The minimum Gasteiger partial charge on any atom is -0.497 e. The molecule has 152 valence electrons. The van der Waals surface area contributed by atoms with Crippen LogP contribution in [0.15, 0.2) is 71.1 Å². The lowest BCUT2D eigenvalue weighted by Gasteiger charge is -2.14. The topological polar surface area (TPSA) is 64.1 Å². The molecule has 2 heterocycles. The van der Waals surface area contributed by atoms with Crippen molar-refractivity contribution in [2.24, 2.45) is 0 Å². The van der Waals surface area contributed by atoms with Gasteiger partial charge in [-0.15, -0.1) is 11.3 Å². The molecule has 0 saturated heterocycles. The van der Waals surface area contributed by atoms with Crippen molar-refractivity contribution in [3.8, 4) is 16.5 Å². The van der Waals surface area contributed by atoms with Crippen LogP contribution < -0.4 is 10.1 Å². The van der Waals surface area contributed by atoms with E-state index in [1.807, 2.05) is 73.0 Å². The zero-order chi connectivity index (χ0) is 20.9. The third-order valence-electron chi connectivity index (χ3n) is 4.59. The van der Waals surface area contributed by atoms with Gasteiger partial charge in [0.05, 0.1) is 22.8 Å². The monoisotopic (exact) mass is 435 g/mol. The van der Waals surface area contributed by atoms with Gasteiger partial charge in [-0.2, -0.15) is 0 Å². The number of para-hydroxylation sites is 1. The first-order chi connectivity index (χ1) is 14.6. The van der Waals surface area contributed by atoms with Crippen molar-refractivity contribution < 1.29 is 9.53 Å². The van der Waals surface area contributed by atoms with Crippen LogP contribution in [-0.2, 0) is 11.3 Å². The third-order valence-corrected chi connectivity index (χ3v) is 6.56. The van der Waals surface area contributed by atoms with E-state index in [4.69, 9.17) is 14.7 Å². The smallest absolute Gasteiger partial charge is 0.233 e. The summed E-state index contributed by atoms with van der Waals surface area (Å²) in [5.74, 6) is 1.46. The van der Waals surface area contributed by atoms with Gasteiger partial charge in [-0.3, -0.25) is 4.79 Å². The summed E-state index contributed by atoms with van der Waals surface area (Å²) in [6, 6.07) is 19.6. The lowest BCUT2D eigenvalue weighted by molar-refractivity contribution is -0.120. The molecular formula is C23H21N3O2S2. The first kappa shape index (κ1) is 20.4. The van der Waals surface area contributed by atoms with Crippen LogP contribution in [0.4, 0.5) is 0 Å². The number of methoxy groups -OCH3 is 1. The molecule has 30 heavy (non-hydrogen) atoms. The number of benzene rings is 2. The Morgan fingerprint density at radius 3 is 2.63 bits per heavy atom. The number of ether oxygens (including phenoxy) is 1. The summed E-state index contributed by atoms with van der Waals surface area (Å²) in [5.41, 5.74) is 1.90. The molecule has 4 aromatic rings. The summed E-state index contributed by atoms with van der Waals surface area (Å²) in [7, 11) is 1.64. The zero-order valence-electron chi connectivity index (χ0n) is 16.7. The molecule has 1 atom stereocenters. The highest BCUT2D eigenvalue weighted by molar-refractivity contribution is 8.00. The quantitative estimate of drug-likeness (QED) is 0.321. The van der Waals surface area contributed by atoms with Crippen molar-refractivity contribution in [3.05, 3.63) is 71.6 Å². The minimum absolute atomic E-state index is 0.0313. The number of hydrogen-bond donors (Lipinski definition) is 1. The molecule has 0 aliphatic carbocycles. The number of carbonyl (C=O) groups excluding carboxylic acids is 1. The molecule has 0 bridgehead atoms. The molecule has 7 heteroatoms. The minimum atomic E-state index is -0.294. The number of amides is 1. The summed E-state index contributed by atoms with van der Waals surface area (Å²) in [4.78, 5) is 23.2. The Balaban J connectivity index is 1.50. The van der Waals surface area contributed by atoms with Gasteiger partial charge in [0.25, 0.3) is 0 Å². The van der Waals surface area contributed by atoms with E-state index in [-0.39, 0.29) is 11.2 Å². The normalized spacial score (nSPS) is 11.9. The van der Waals surface area contributed by atoms with Gasteiger partial charge in [0.1, 0.15) is 10.8 Å². The highest BCUT2D eigenvalue weighted by Crippen LogP contribution is 2.32. The van der Waals surface area contributed by atoms with Crippen molar-refractivity contribution in [2.45, 2.75) is 23.7 Å². The van der Waals surface area contributed by atoms with Crippen LogP contribution in [0.2, 0.25) is 0 Å². The van der Waals surface area contributed by atoms with Crippen LogP contribution >= 0.6 is 23.1 Å². The molecule has 2 aromatic heterocycles. The highest BCUT2D eigenvalue weighted by atomic mass is 32.2. The fourth-order valence-corrected chi connectivity index (χ4v) is 4.57. The molecule has 1 amide bonds. The zero-order valence-corrected chi connectivity index (χ0v) is 18.3. The second kappa shape index (κ2) is 9.28. The summed E-state index contributed by atoms with van der Waals surface area (Å²) in [5, 5.41) is 6.49. The van der Waals surface area contributed by atoms with E-state index < -0.39 is 0 Å². The van der Waals surface area contributed by atoms with Crippen molar-refractivity contribution in [3.63, 3.8) is 0 Å². The summed E-state index contributed by atoms with van der Waals surface area (Å²) < 4.78 is 5.17. The molecule has 0 unspecified atom stereocenters. The average molecular weight is 436 g/mol. The van der Waals surface area contributed by atoms with Crippen LogP contribution in [0.5, 0.6) is 5.75 Å². The number of nitrogens with zero attached hydrogens (tertiary/aromatic N) is 2. The van der Waals surface area contributed by atoms with E-state index in [0.717, 1.165) is 32.1 Å². The Hall–Kier alpha value is -2.90. The van der Waals surface area contributed by atoms with Gasteiger partial charge < -0.3 is 10.1 Å². The second-order valence-electron chi connectivity index (χ2n) is 6.67. The van der Waals surface area contributed by atoms with Crippen LogP contribution in [0, 0.1) is 0 Å². The molecule has 0 fully saturated rings. The van der Waals surface area contributed by atoms with Crippen LogP contribution in [0.25, 0.3) is 21.6 Å². The number of thiophene rings is 1. The maximum Gasteiger partial charge on any atom is 0.233 e. The Morgan fingerprint density at radius 2 is 1.90 bits per heavy atom. The standard InChI is InChI=1S/C23H21N3O2S2/c1-15(22(27)24-14-16-9-11-17(28-2)12-10-16)30-23-18-6-3-4-7-19(18)25-21(26-23)20-8-5-13-29-20/h3-13,15H,14H2,1-2H3,(H,24,27)/t15-/m0/s1.